The lowest BCUT2D eigenvalue weighted by Gasteiger charge is -2.31. The van der Waals surface area contributed by atoms with E-state index in [1.807, 2.05) is 38.2 Å². The van der Waals surface area contributed by atoms with Crippen LogP contribution in [0, 0.1) is 0 Å². The normalized spacial score (nSPS) is 14.6. The van der Waals surface area contributed by atoms with Gasteiger partial charge in [0.2, 0.25) is 5.91 Å². The largest absolute Gasteiger partial charge is 0.380 e. The Kier molecular flexibility index (Phi) is 9.69. The van der Waals surface area contributed by atoms with Crippen LogP contribution in [0.3, 0.4) is 0 Å². The number of amides is 1. The fourth-order valence-corrected chi connectivity index (χ4v) is 2.34. The summed E-state index contributed by atoms with van der Waals surface area (Å²) in [7, 11) is 3.40. The van der Waals surface area contributed by atoms with E-state index in [-0.39, 0.29) is 36.4 Å². The highest BCUT2D eigenvalue weighted by molar-refractivity contribution is 6.30. The van der Waals surface area contributed by atoms with Crippen LogP contribution in [0.15, 0.2) is 24.3 Å². The quantitative estimate of drug-likeness (QED) is 0.823. The second-order valence-corrected chi connectivity index (χ2v) is 5.82. The summed E-state index contributed by atoms with van der Waals surface area (Å²) >= 11 is 5.91. The fraction of sp³-hybridized carbons (Fsp3) is 0.562. The Hall–Kier alpha value is -0.810. The number of nitrogens with two attached hydrogens (primary N) is 1. The molecule has 1 aromatic rings. The van der Waals surface area contributed by atoms with E-state index in [2.05, 4.69) is 6.92 Å². The molecule has 22 heavy (non-hydrogen) atoms. The molecule has 0 aliphatic rings. The van der Waals surface area contributed by atoms with Gasteiger partial charge in [-0.3, -0.25) is 4.79 Å². The summed E-state index contributed by atoms with van der Waals surface area (Å²) in [6.45, 7) is 4.49. The second-order valence-electron chi connectivity index (χ2n) is 5.38. The molecule has 3 unspecified atom stereocenters. The van der Waals surface area contributed by atoms with Crippen molar-refractivity contribution in [3.05, 3.63) is 34.9 Å². The third-order valence-electron chi connectivity index (χ3n) is 4.12. The van der Waals surface area contributed by atoms with E-state index in [0.717, 1.165) is 5.56 Å². The third kappa shape index (κ3) is 5.76. The first-order valence-electron chi connectivity index (χ1n) is 7.14. The molecule has 0 saturated carbocycles. The number of carbonyl (C=O) groups excluding carboxylic acids is 1. The predicted molar refractivity (Wildman–Crippen MR) is 93.8 cm³/mol. The van der Waals surface area contributed by atoms with Crippen molar-refractivity contribution in [2.75, 3.05) is 20.7 Å². The Morgan fingerprint density at radius 2 is 1.86 bits per heavy atom. The molecule has 0 heterocycles. The molecule has 0 fully saturated rings. The first-order chi connectivity index (χ1) is 9.90. The highest BCUT2D eigenvalue weighted by atomic mass is 35.5. The number of rotatable bonds is 7. The lowest BCUT2D eigenvalue weighted by molar-refractivity contribution is -0.134. The fourth-order valence-electron chi connectivity index (χ4n) is 2.21. The van der Waals surface area contributed by atoms with Gasteiger partial charge in [0.1, 0.15) is 0 Å². The number of ether oxygens (including phenoxy) is 1. The molecule has 1 aromatic carbocycles. The van der Waals surface area contributed by atoms with Gasteiger partial charge >= 0.3 is 0 Å². The zero-order chi connectivity index (χ0) is 16.0. The molecule has 0 aliphatic heterocycles. The zero-order valence-corrected chi connectivity index (χ0v) is 15.2. The average molecular weight is 349 g/mol. The third-order valence-corrected chi connectivity index (χ3v) is 4.37. The molecule has 1 amide bonds. The average Bonchev–Trinajstić information content (AvgIpc) is 2.50. The molecule has 3 atom stereocenters. The Balaban J connectivity index is 0.00000441. The molecule has 1 rings (SSSR count). The molecular formula is C16H26Cl2N2O2. The molecule has 4 nitrogen and oxygen atoms in total. The van der Waals surface area contributed by atoms with Gasteiger partial charge in [0.15, 0.2) is 0 Å². The van der Waals surface area contributed by atoms with Gasteiger partial charge < -0.3 is 15.4 Å². The summed E-state index contributed by atoms with van der Waals surface area (Å²) in [5.74, 6) is 0.260. The lowest BCUT2D eigenvalue weighted by Crippen LogP contribution is -2.40. The molecule has 0 aliphatic carbocycles. The van der Waals surface area contributed by atoms with Crippen LogP contribution in [0.1, 0.15) is 31.7 Å². The first kappa shape index (κ1) is 21.2. The minimum Gasteiger partial charge on any atom is -0.380 e. The van der Waals surface area contributed by atoms with Gasteiger partial charge in [0.25, 0.3) is 0 Å². The SMILES string of the molecule is COC(CN)CC(=O)N(C)C(C)C(C)c1ccc(Cl)cc1.Cl. The number of hydrogen-bond acceptors (Lipinski definition) is 3. The highest BCUT2D eigenvalue weighted by Crippen LogP contribution is 2.24. The van der Waals surface area contributed by atoms with Crippen molar-refractivity contribution < 1.29 is 9.53 Å². The monoisotopic (exact) mass is 348 g/mol. The van der Waals surface area contributed by atoms with Crippen molar-refractivity contribution in [1.29, 1.82) is 0 Å². The van der Waals surface area contributed by atoms with Crippen LogP contribution in [0.4, 0.5) is 0 Å². The van der Waals surface area contributed by atoms with Gasteiger partial charge in [-0.1, -0.05) is 30.7 Å². The summed E-state index contributed by atoms with van der Waals surface area (Å²) < 4.78 is 5.17. The van der Waals surface area contributed by atoms with E-state index in [4.69, 9.17) is 22.1 Å². The predicted octanol–water partition coefficient (Wildman–Crippen LogP) is 3.08. The van der Waals surface area contributed by atoms with Gasteiger partial charge in [0, 0.05) is 37.7 Å². The molecule has 2 N–H and O–H groups in total. The molecular weight excluding hydrogens is 323 g/mol. The molecule has 0 aromatic heterocycles. The van der Waals surface area contributed by atoms with Crippen LogP contribution in [0.5, 0.6) is 0 Å². The van der Waals surface area contributed by atoms with E-state index in [1.165, 1.54) is 0 Å². The van der Waals surface area contributed by atoms with Crippen molar-refractivity contribution >= 4 is 29.9 Å². The Labute approximate surface area is 144 Å². The standard InChI is InChI=1S/C16H25ClN2O2.ClH/c1-11(13-5-7-14(17)8-6-13)12(2)19(3)16(20)9-15(10-18)21-4;/h5-8,11-12,15H,9-10,18H2,1-4H3;1H. The van der Waals surface area contributed by atoms with E-state index in [1.54, 1.807) is 12.0 Å². The number of benzene rings is 1. The Morgan fingerprint density at radius 1 is 1.32 bits per heavy atom. The topological polar surface area (TPSA) is 55.6 Å². The van der Waals surface area contributed by atoms with Gasteiger partial charge in [-0.15, -0.1) is 12.4 Å². The summed E-state index contributed by atoms with van der Waals surface area (Å²) in [5, 5.41) is 0.717. The zero-order valence-electron chi connectivity index (χ0n) is 13.6. The number of methoxy groups -OCH3 is 1. The van der Waals surface area contributed by atoms with Crippen molar-refractivity contribution in [3.63, 3.8) is 0 Å². The van der Waals surface area contributed by atoms with Crippen LogP contribution in [0.2, 0.25) is 5.02 Å². The maximum Gasteiger partial charge on any atom is 0.225 e. The molecule has 0 spiro atoms. The molecule has 126 valence electrons. The Bertz CT molecular complexity index is 450. The van der Waals surface area contributed by atoms with Crippen LogP contribution in [-0.4, -0.2) is 43.7 Å². The maximum atomic E-state index is 12.3. The van der Waals surface area contributed by atoms with Crippen molar-refractivity contribution in [2.45, 2.75) is 38.3 Å². The second kappa shape index (κ2) is 10.1. The molecule has 6 heteroatoms. The maximum absolute atomic E-state index is 12.3. The number of hydrogen-bond donors (Lipinski definition) is 1. The van der Waals surface area contributed by atoms with Crippen LogP contribution in [-0.2, 0) is 9.53 Å². The van der Waals surface area contributed by atoms with Crippen LogP contribution in [0.25, 0.3) is 0 Å². The molecule has 0 saturated heterocycles. The van der Waals surface area contributed by atoms with Gasteiger partial charge in [-0.25, -0.2) is 0 Å². The summed E-state index contributed by atoms with van der Waals surface area (Å²) in [5.41, 5.74) is 6.73. The van der Waals surface area contributed by atoms with Gasteiger partial charge in [-0.05, 0) is 24.6 Å². The van der Waals surface area contributed by atoms with Gasteiger partial charge in [-0.2, -0.15) is 0 Å². The minimum atomic E-state index is -0.224. The van der Waals surface area contributed by atoms with E-state index in [9.17, 15) is 4.79 Å². The van der Waals surface area contributed by atoms with Crippen molar-refractivity contribution in [2.24, 2.45) is 5.73 Å². The Morgan fingerprint density at radius 3 is 2.32 bits per heavy atom. The van der Waals surface area contributed by atoms with Gasteiger partial charge in [0.05, 0.1) is 12.5 Å². The number of halogens is 2. The number of carbonyl (C=O) groups is 1. The van der Waals surface area contributed by atoms with Crippen LogP contribution >= 0.6 is 24.0 Å². The number of likely N-dealkylation sites (N-methyl/N-ethyl adjacent to an activating group) is 1. The van der Waals surface area contributed by atoms with Crippen LogP contribution < -0.4 is 5.73 Å². The van der Waals surface area contributed by atoms with E-state index < -0.39 is 0 Å². The minimum absolute atomic E-state index is 0. The molecule has 0 radical (unpaired) electrons. The smallest absolute Gasteiger partial charge is 0.225 e. The summed E-state index contributed by atoms with van der Waals surface area (Å²) in [6, 6.07) is 7.82. The first-order valence-corrected chi connectivity index (χ1v) is 7.52. The lowest BCUT2D eigenvalue weighted by atomic mass is 9.93. The van der Waals surface area contributed by atoms with Crippen molar-refractivity contribution in [1.82, 2.24) is 4.90 Å². The number of nitrogens with zero attached hydrogens (tertiary/aromatic N) is 1. The van der Waals surface area contributed by atoms with E-state index >= 15 is 0 Å². The highest BCUT2D eigenvalue weighted by Gasteiger charge is 2.24. The summed E-state index contributed by atoms with van der Waals surface area (Å²) in [4.78, 5) is 14.0. The van der Waals surface area contributed by atoms with E-state index in [0.29, 0.717) is 18.0 Å². The molecule has 0 bridgehead atoms. The van der Waals surface area contributed by atoms with Crippen molar-refractivity contribution in [3.8, 4) is 0 Å². The summed E-state index contributed by atoms with van der Waals surface area (Å²) in [6.07, 6.45) is 0.0826.